The molecule has 18 heavy (non-hydrogen) atoms. The molecule has 0 heterocycles. The first-order valence-electron chi connectivity index (χ1n) is 5.77. The van der Waals surface area contributed by atoms with Crippen molar-refractivity contribution in [1.29, 1.82) is 0 Å². The number of methoxy groups -OCH3 is 1. The zero-order valence-electron chi connectivity index (χ0n) is 10.6. The fraction of sp³-hybridized carbons (Fsp3) is 0.500. The van der Waals surface area contributed by atoms with Gasteiger partial charge >= 0.3 is 0 Å². The Morgan fingerprint density at radius 3 is 2.89 bits per heavy atom. The highest BCUT2D eigenvalue weighted by Crippen LogP contribution is 2.25. The van der Waals surface area contributed by atoms with Crippen molar-refractivity contribution in [1.82, 2.24) is 0 Å². The highest BCUT2D eigenvalue weighted by atomic mass is 32.2. The normalized spacial score (nSPS) is 10.3. The number of anilines is 1. The number of nitro groups is 1. The minimum Gasteiger partial charge on any atom is -0.385 e. The van der Waals surface area contributed by atoms with Crippen LogP contribution in [-0.4, -0.2) is 30.9 Å². The summed E-state index contributed by atoms with van der Waals surface area (Å²) in [5, 5.41) is 14.0. The van der Waals surface area contributed by atoms with Crippen LogP contribution >= 0.6 is 11.8 Å². The molecular formula is C12H18N2O3S. The van der Waals surface area contributed by atoms with E-state index < -0.39 is 0 Å². The third-order valence-electron chi connectivity index (χ3n) is 2.36. The van der Waals surface area contributed by atoms with Gasteiger partial charge in [-0.15, -0.1) is 0 Å². The fourth-order valence-corrected chi connectivity index (χ4v) is 2.39. The average molecular weight is 270 g/mol. The molecule has 0 spiro atoms. The van der Waals surface area contributed by atoms with Crippen molar-refractivity contribution in [3.63, 3.8) is 0 Å². The summed E-state index contributed by atoms with van der Waals surface area (Å²) in [6, 6.07) is 4.94. The summed E-state index contributed by atoms with van der Waals surface area (Å²) < 4.78 is 4.97. The van der Waals surface area contributed by atoms with Crippen molar-refractivity contribution in [2.45, 2.75) is 12.7 Å². The van der Waals surface area contributed by atoms with Gasteiger partial charge < -0.3 is 10.1 Å². The van der Waals surface area contributed by atoms with Crippen LogP contribution in [0.15, 0.2) is 18.2 Å². The Bertz CT molecular complexity index is 399. The van der Waals surface area contributed by atoms with Gasteiger partial charge in [0.2, 0.25) is 0 Å². The average Bonchev–Trinajstić information content (AvgIpc) is 2.36. The summed E-state index contributed by atoms with van der Waals surface area (Å²) in [7, 11) is 1.66. The molecule has 0 aromatic heterocycles. The van der Waals surface area contributed by atoms with Crippen LogP contribution in [0.1, 0.15) is 12.5 Å². The second-order valence-electron chi connectivity index (χ2n) is 3.67. The molecule has 1 aromatic rings. The zero-order valence-corrected chi connectivity index (χ0v) is 11.5. The minimum atomic E-state index is -0.362. The van der Waals surface area contributed by atoms with Crippen molar-refractivity contribution >= 4 is 23.1 Å². The highest BCUT2D eigenvalue weighted by Gasteiger charge is 2.10. The number of benzene rings is 1. The number of thioether (sulfide) groups is 1. The molecule has 0 fully saturated rings. The van der Waals surface area contributed by atoms with Crippen molar-refractivity contribution in [3.05, 3.63) is 33.9 Å². The molecule has 0 radical (unpaired) electrons. The number of rotatable bonds is 8. The van der Waals surface area contributed by atoms with Crippen molar-refractivity contribution in [2.75, 3.05) is 31.3 Å². The minimum absolute atomic E-state index is 0.138. The second-order valence-corrected chi connectivity index (χ2v) is 4.78. The summed E-state index contributed by atoms with van der Waals surface area (Å²) in [5.74, 6) is 1.62. The maximum absolute atomic E-state index is 10.8. The van der Waals surface area contributed by atoms with Crippen molar-refractivity contribution in [3.8, 4) is 0 Å². The molecule has 6 heteroatoms. The van der Waals surface area contributed by atoms with Crippen LogP contribution in [0.25, 0.3) is 0 Å². The van der Waals surface area contributed by atoms with Crippen LogP contribution in [0.5, 0.6) is 0 Å². The van der Waals surface area contributed by atoms with Gasteiger partial charge in [0.05, 0.1) is 11.5 Å². The summed E-state index contributed by atoms with van der Waals surface area (Å²) in [4.78, 5) is 10.4. The van der Waals surface area contributed by atoms with Gasteiger partial charge in [0.1, 0.15) is 0 Å². The molecule has 1 aromatic carbocycles. The molecule has 1 rings (SSSR count). The van der Waals surface area contributed by atoms with Gasteiger partial charge in [-0.1, -0.05) is 0 Å². The molecule has 0 amide bonds. The van der Waals surface area contributed by atoms with E-state index in [1.54, 1.807) is 31.0 Å². The summed E-state index contributed by atoms with van der Waals surface area (Å²) in [6.07, 6.45) is 0. The molecule has 0 aliphatic carbocycles. The zero-order chi connectivity index (χ0) is 13.4. The lowest BCUT2D eigenvalue weighted by atomic mass is 10.2. The molecule has 0 bridgehead atoms. The summed E-state index contributed by atoms with van der Waals surface area (Å²) in [6.45, 7) is 3.49. The number of nitro benzene ring substituents is 1. The largest absolute Gasteiger partial charge is 0.385 e. The Morgan fingerprint density at radius 2 is 2.28 bits per heavy atom. The van der Waals surface area contributed by atoms with Gasteiger partial charge in [-0.25, -0.2) is 0 Å². The quantitative estimate of drug-likeness (QED) is 0.447. The van der Waals surface area contributed by atoms with Gasteiger partial charge in [0.15, 0.2) is 0 Å². The standard InChI is InChI=1S/C12H18N2O3S/c1-3-13-12-5-4-11(14(15)16)8-10(12)9-18-7-6-17-2/h4-5,8,13H,3,6-7,9H2,1-2H3. The first kappa shape index (κ1) is 14.8. The third-order valence-corrected chi connectivity index (χ3v) is 3.33. The lowest BCUT2D eigenvalue weighted by molar-refractivity contribution is -0.384. The second kappa shape index (κ2) is 7.94. The predicted octanol–water partition coefficient (Wildman–Crippen LogP) is 2.91. The molecule has 0 atom stereocenters. The number of hydrogen-bond acceptors (Lipinski definition) is 5. The van der Waals surface area contributed by atoms with Crippen LogP contribution in [0.3, 0.4) is 0 Å². The third kappa shape index (κ3) is 4.54. The number of ether oxygens (including phenoxy) is 1. The lowest BCUT2D eigenvalue weighted by Gasteiger charge is -2.10. The van der Waals surface area contributed by atoms with Gasteiger partial charge in [0, 0.05) is 43.0 Å². The Balaban J connectivity index is 2.75. The van der Waals surface area contributed by atoms with Crippen LogP contribution in [-0.2, 0) is 10.5 Å². The molecule has 0 saturated carbocycles. The van der Waals surface area contributed by atoms with E-state index in [1.807, 2.05) is 6.92 Å². The molecule has 0 unspecified atom stereocenters. The van der Waals surface area contributed by atoms with E-state index in [0.717, 1.165) is 29.3 Å². The van der Waals surface area contributed by atoms with Gasteiger partial charge in [-0.3, -0.25) is 10.1 Å². The SMILES string of the molecule is CCNc1ccc([N+](=O)[O-])cc1CSCCOC. The lowest BCUT2D eigenvalue weighted by Crippen LogP contribution is -2.02. The van der Waals surface area contributed by atoms with Gasteiger partial charge in [-0.2, -0.15) is 11.8 Å². The maximum atomic E-state index is 10.8. The highest BCUT2D eigenvalue weighted by molar-refractivity contribution is 7.98. The molecule has 0 aliphatic heterocycles. The Labute approximate surface area is 111 Å². The van der Waals surface area contributed by atoms with Crippen molar-refractivity contribution in [2.24, 2.45) is 0 Å². The van der Waals surface area contributed by atoms with Crippen LogP contribution in [0, 0.1) is 10.1 Å². The van der Waals surface area contributed by atoms with E-state index in [0.29, 0.717) is 6.61 Å². The molecule has 0 aliphatic rings. The van der Waals surface area contributed by atoms with E-state index in [-0.39, 0.29) is 10.6 Å². The van der Waals surface area contributed by atoms with Gasteiger partial charge in [-0.05, 0) is 18.6 Å². The summed E-state index contributed by atoms with van der Waals surface area (Å²) >= 11 is 1.70. The monoisotopic (exact) mass is 270 g/mol. The summed E-state index contributed by atoms with van der Waals surface area (Å²) in [5.41, 5.74) is 2.07. The van der Waals surface area contributed by atoms with E-state index in [9.17, 15) is 10.1 Å². The molecule has 100 valence electrons. The van der Waals surface area contributed by atoms with Crippen LogP contribution in [0.2, 0.25) is 0 Å². The van der Waals surface area contributed by atoms with E-state index in [1.165, 1.54) is 6.07 Å². The van der Waals surface area contributed by atoms with E-state index >= 15 is 0 Å². The first-order chi connectivity index (χ1) is 8.69. The topological polar surface area (TPSA) is 64.4 Å². The van der Waals surface area contributed by atoms with E-state index in [2.05, 4.69) is 5.32 Å². The molecule has 1 N–H and O–H groups in total. The molecule has 0 saturated heterocycles. The maximum Gasteiger partial charge on any atom is 0.269 e. The number of nitrogens with one attached hydrogen (secondary N) is 1. The number of hydrogen-bond donors (Lipinski definition) is 1. The van der Waals surface area contributed by atoms with Crippen LogP contribution < -0.4 is 5.32 Å². The van der Waals surface area contributed by atoms with Crippen molar-refractivity contribution < 1.29 is 9.66 Å². The fourth-order valence-electron chi connectivity index (χ4n) is 1.50. The van der Waals surface area contributed by atoms with Gasteiger partial charge in [0.25, 0.3) is 5.69 Å². The Kier molecular flexibility index (Phi) is 6.53. The van der Waals surface area contributed by atoms with Crippen LogP contribution in [0.4, 0.5) is 11.4 Å². The Hall–Kier alpha value is -1.27. The predicted molar refractivity (Wildman–Crippen MR) is 75.3 cm³/mol. The molecular weight excluding hydrogens is 252 g/mol. The number of non-ortho nitro benzene ring substituents is 1. The van der Waals surface area contributed by atoms with E-state index in [4.69, 9.17) is 4.74 Å². The smallest absolute Gasteiger partial charge is 0.269 e. The Morgan fingerprint density at radius 1 is 1.50 bits per heavy atom. The molecule has 5 nitrogen and oxygen atoms in total. The number of nitrogens with zero attached hydrogens (tertiary/aromatic N) is 1. The first-order valence-corrected chi connectivity index (χ1v) is 6.92.